The lowest BCUT2D eigenvalue weighted by Gasteiger charge is -2.09. The smallest absolute Gasteiger partial charge is 0.296 e. The van der Waals surface area contributed by atoms with Crippen LogP contribution in [0.15, 0.2) is 42.6 Å². The summed E-state index contributed by atoms with van der Waals surface area (Å²) in [7, 11) is -0.643. The quantitative estimate of drug-likeness (QED) is 0.680. The van der Waals surface area contributed by atoms with Crippen molar-refractivity contribution in [3.8, 4) is 11.5 Å². The van der Waals surface area contributed by atoms with E-state index in [9.17, 15) is 8.42 Å². The van der Waals surface area contributed by atoms with E-state index in [0.29, 0.717) is 34.6 Å². The first-order valence-corrected chi connectivity index (χ1v) is 9.20. The molecule has 136 valence electrons. The molecule has 1 heterocycles. The van der Waals surface area contributed by atoms with Crippen LogP contribution in [-0.4, -0.2) is 32.6 Å². The van der Waals surface area contributed by atoms with Gasteiger partial charge in [0.25, 0.3) is 10.2 Å². The molecule has 0 fully saturated rings. The molecule has 3 N–H and O–H groups in total. The number of anilines is 1. The monoisotopic (exact) mass is 374 g/mol. The second-order valence-electron chi connectivity index (χ2n) is 5.58. The lowest BCUT2D eigenvalue weighted by atomic mass is 10.1. The van der Waals surface area contributed by atoms with Gasteiger partial charge in [0.05, 0.1) is 30.9 Å². The van der Waals surface area contributed by atoms with Crippen molar-refractivity contribution in [1.29, 1.82) is 0 Å². The first-order valence-electron chi connectivity index (χ1n) is 7.65. The van der Waals surface area contributed by atoms with E-state index in [1.165, 1.54) is 0 Å². The van der Waals surface area contributed by atoms with Crippen LogP contribution in [0.5, 0.6) is 11.5 Å². The van der Waals surface area contributed by atoms with Crippen LogP contribution >= 0.6 is 0 Å². The van der Waals surface area contributed by atoms with Crippen molar-refractivity contribution >= 4 is 26.9 Å². The molecule has 3 aromatic rings. The van der Waals surface area contributed by atoms with Crippen LogP contribution in [0.3, 0.4) is 0 Å². The second kappa shape index (κ2) is 7.14. The number of nitrogens with zero attached hydrogens (tertiary/aromatic N) is 2. The van der Waals surface area contributed by atoms with Crippen molar-refractivity contribution in [1.82, 2.24) is 9.97 Å². The predicted molar refractivity (Wildman–Crippen MR) is 98.6 cm³/mol. The summed E-state index contributed by atoms with van der Waals surface area (Å²) in [5, 5.41) is 4.95. The summed E-state index contributed by atoms with van der Waals surface area (Å²) in [5.41, 5.74) is 3.54. The van der Waals surface area contributed by atoms with Gasteiger partial charge in [0.1, 0.15) is 0 Å². The van der Waals surface area contributed by atoms with E-state index in [1.807, 2.05) is 0 Å². The largest absolute Gasteiger partial charge is 0.493 e. The molecule has 8 nitrogen and oxygen atoms in total. The van der Waals surface area contributed by atoms with Crippen LogP contribution in [0.25, 0.3) is 11.0 Å². The van der Waals surface area contributed by atoms with Gasteiger partial charge in [0, 0.05) is 30.4 Å². The molecule has 3 rings (SSSR count). The third kappa shape index (κ3) is 4.19. The highest BCUT2D eigenvalue weighted by atomic mass is 32.2. The Morgan fingerprint density at radius 1 is 1.04 bits per heavy atom. The van der Waals surface area contributed by atoms with Gasteiger partial charge in [-0.3, -0.25) is 9.71 Å². The number of ether oxygens (including phenoxy) is 2. The van der Waals surface area contributed by atoms with Crippen molar-refractivity contribution in [3.63, 3.8) is 0 Å². The van der Waals surface area contributed by atoms with Gasteiger partial charge in [0.2, 0.25) is 0 Å². The SMILES string of the molecule is COc1cc2ncc(Cc3ccc(NS(N)(=O)=O)cc3)nc2cc1OC. The number of hydrogen-bond acceptors (Lipinski definition) is 6. The summed E-state index contributed by atoms with van der Waals surface area (Å²) < 4.78 is 34.8. The summed E-state index contributed by atoms with van der Waals surface area (Å²) in [5.74, 6) is 1.19. The Balaban J connectivity index is 1.84. The number of hydrogen-bond donors (Lipinski definition) is 2. The normalized spacial score (nSPS) is 11.3. The molecule has 0 aliphatic rings. The van der Waals surface area contributed by atoms with Gasteiger partial charge in [-0.15, -0.1) is 0 Å². The van der Waals surface area contributed by atoms with Gasteiger partial charge >= 0.3 is 0 Å². The van der Waals surface area contributed by atoms with Gasteiger partial charge in [0.15, 0.2) is 11.5 Å². The van der Waals surface area contributed by atoms with Crippen molar-refractivity contribution < 1.29 is 17.9 Å². The van der Waals surface area contributed by atoms with Gasteiger partial charge in [-0.25, -0.2) is 10.1 Å². The Kier molecular flexibility index (Phi) is 4.92. The number of methoxy groups -OCH3 is 2. The van der Waals surface area contributed by atoms with Gasteiger partial charge in [-0.2, -0.15) is 8.42 Å². The Labute approximate surface area is 151 Å². The topological polar surface area (TPSA) is 116 Å². The van der Waals surface area contributed by atoms with Crippen LogP contribution in [0.1, 0.15) is 11.3 Å². The van der Waals surface area contributed by atoms with Crippen molar-refractivity contribution in [2.75, 3.05) is 18.9 Å². The molecule has 0 bridgehead atoms. The van der Waals surface area contributed by atoms with Crippen molar-refractivity contribution in [2.24, 2.45) is 5.14 Å². The number of nitrogens with two attached hydrogens (primary N) is 1. The predicted octanol–water partition coefficient (Wildman–Crippen LogP) is 1.85. The standard InChI is InChI=1S/C17H18N4O4S/c1-24-16-8-14-15(9-17(16)25-2)20-13(10-19-14)7-11-3-5-12(6-4-11)21-26(18,22)23/h3-6,8-10,21H,7H2,1-2H3,(H2,18,22,23). The molecule has 26 heavy (non-hydrogen) atoms. The third-order valence-corrected chi connectivity index (χ3v) is 4.22. The molecule has 0 aliphatic carbocycles. The highest BCUT2D eigenvalue weighted by Crippen LogP contribution is 2.30. The molecular weight excluding hydrogens is 356 g/mol. The molecule has 9 heteroatoms. The second-order valence-corrected chi connectivity index (χ2v) is 6.87. The van der Waals surface area contributed by atoms with E-state index in [0.717, 1.165) is 11.3 Å². The molecule has 1 aromatic heterocycles. The van der Waals surface area contributed by atoms with E-state index in [4.69, 9.17) is 14.6 Å². The highest BCUT2D eigenvalue weighted by Gasteiger charge is 2.09. The maximum atomic E-state index is 11.0. The number of rotatable bonds is 6. The van der Waals surface area contributed by atoms with Crippen LogP contribution < -0.4 is 19.3 Å². The zero-order valence-corrected chi connectivity index (χ0v) is 15.1. The molecule has 0 unspecified atom stereocenters. The van der Waals surface area contributed by atoms with Gasteiger partial charge in [-0.1, -0.05) is 12.1 Å². The molecule has 0 spiro atoms. The fraction of sp³-hybridized carbons (Fsp3) is 0.176. The Hall–Kier alpha value is -2.91. The molecule has 0 radical (unpaired) electrons. The zero-order valence-electron chi connectivity index (χ0n) is 14.3. The van der Waals surface area contributed by atoms with Crippen LogP contribution in [0.2, 0.25) is 0 Å². The maximum absolute atomic E-state index is 11.0. The number of nitrogens with one attached hydrogen (secondary N) is 1. The maximum Gasteiger partial charge on any atom is 0.296 e. The minimum Gasteiger partial charge on any atom is -0.493 e. The number of aromatic nitrogens is 2. The van der Waals surface area contributed by atoms with E-state index in [1.54, 1.807) is 56.8 Å². The number of benzene rings is 2. The average molecular weight is 374 g/mol. The van der Waals surface area contributed by atoms with E-state index < -0.39 is 10.2 Å². The van der Waals surface area contributed by atoms with Gasteiger partial charge in [-0.05, 0) is 17.7 Å². The van der Waals surface area contributed by atoms with Crippen LogP contribution in [0.4, 0.5) is 5.69 Å². The summed E-state index contributed by atoms with van der Waals surface area (Å²) in [4.78, 5) is 9.03. The first kappa shape index (κ1) is 17.9. The summed E-state index contributed by atoms with van der Waals surface area (Å²) in [6.07, 6.45) is 2.25. The fourth-order valence-corrected chi connectivity index (χ4v) is 2.99. The lowest BCUT2D eigenvalue weighted by molar-refractivity contribution is 0.355. The molecule has 0 amide bonds. The van der Waals surface area contributed by atoms with E-state index in [-0.39, 0.29) is 0 Å². The molecule has 2 aromatic carbocycles. The van der Waals surface area contributed by atoms with E-state index >= 15 is 0 Å². The Morgan fingerprint density at radius 3 is 2.23 bits per heavy atom. The Morgan fingerprint density at radius 2 is 1.65 bits per heavy atom. The molecule has 0 aliphatic heterocycles. The fourth-order valence-electron chi connectivity index (χ4n) is 2.53. The van der Waals surface area contributed by atoms with Gasteiger partial charge < -0.3 is 9.47 Å². The molecule has 0 saturated heterocycles. The van der Waals surface area contributed by atoms with E-state index in [2.05, 4.69) is 14.7 Å². The van der Waals surface area contributed by atoms with Crippen LogP contribution in [-0.2, 0) is 16.6 Å². The average Bonchev–Trinajstić information content (AvgIpc) is 2.61. The number of fused-ring (bicyclic) bond motifs is 1. The Bertz CT molecular complexity index is 1040. The lowest BCUT2D eigenvalue weighted by Crippen LogP contribution is -2.21. The summed E-state index contributed by atoms with van der Waals surface area (Å²) in [6.45, 7) is 0. The highest BCUT2D eigenvalue weighted by molar-refractivity contribution is 7.90. The summed E-state index contributed by atoms with van der Waals surface area (Å²) in [6, 6.07) is 10.4. The summed E-state index contributed by atoms with van der Waals surface area (Å²) >= 11 is 0. The first-order chi connectivity index (χ1) is 12.4. The van der Waals surface area contributed by atoms with Crippen LogP contribution in [0, 0.1) is 0 Å². The third-order valence-electron chi connectivity index (χ3n) is 3.70. The molecular formula is C17H18N4O4S. The minimum absolute atomic E-state index is 0.401. The van der Waals surface area contributed by atoms with Crippen molar-refractivity contribution in [2.45, 2.75) is 6.42 Å². The zero-order chi connectivity index (χ0) is 18.7. The molecule has 0 saturated carbocycles. The minimum atomic E-state index is -3.78. The molecule has 0 atom stereocenters. The van der Waals surface area contributed by atoms with Crippen molar-refractivity contribution in [3.05, 3.63) is 53.9 Å².